The third-order valence-electron chi connectivity index (χ3n) is 5.07. The maximum Gasteiger partial charge on any atom is 0.490 e. The Morgan fingerprint density at radius 2 is 1.80 bits per heavy atom. The molecular formula is C16H19F3N2O3S. The first kappa shape index (κ1) is 18.2. The Bertz CT molecular complexity index is 605. The number of amides is 1. The van der Waals surface area contributed by atoms with Gasteiger partial charge < -0.3 is 15.3 Å². The summed E-state index contributed by atoms with van der Waals surface area (Å²) in [5.41, 5.74) is 0. The van der Waals surface area contributed by atoms with E-state index in [1.165, 1.54) is 43.8 Å². The summed E-state index contributed by atoms with van der Waals surface area (Å²) in [6.45, 7) is 3.70. The summed E-state index contributed by atoms with van der Waals surface area (Å²) < 4.78 is 31.7. The number of rotatable bonds is 2. The van der Waals surface area contributed by atoms with Crippen molar-refractivity contribution in [2.24, 2.45) is 17.8 Å². The zero-order chi connectivity index (χ0) is 18.2. The van der Waals surface area contributed by atoms with Crippen LogP contribution >= 0.6 is 11.3 Å². The monoisotopic (exact) mass is 376 g/mol. The molecule has 3 aliphatic heterocycles. The summed E-state index contributed by atoms with van der Waals surface area (Å²) in [6, 6.07) is 4.29. The first-order valence-electron chi connectivity index (χ1n) is 8.11. The number of alkyl halides is 3. The lowest BCUT2D eigenvalue weighted by molar-refractivity contribution is -0.192. The molecule has 1 amide bonds. The molecule has 9 heteroatoms. The molecule has 3 saturated heterocycles. The molecule has 4 aliphatic rings. The number of hydrogen-bond acceptors (Lipinski definition) is 4. The van der Waals surface area contributed by atoms with Crippen molar-refractivity contribution >= 4 is 23.2 Å². The molecule has 138 valence electrons. The van der Waals surface area contributed by atoms with Gasteiger partial charge in [-0.15, -0.1) is 11.3 Å². The first-order chi connectivity index (χ1) is 11.7. The second-order valence-electron chi connectivity index (χ2n) is 6.86. The van der Waals surface area contributed by atoms with Crippen molar-refractivity contribution in [1.29, 1.82) is 0 Å². The third-order valence-corrected chi connectivity index (χ3v) is 5.94. The predicted molar refractivity (Wildman–Crippen MR) is 85.4 cm³/mol. The molecule has 4 fully saturated rings. The molecule has 4 heterocycles. The lowest BCUT2D eigenvalue weighted by Gasteiger charge is -2.55. The second kappa shape index (κ2) is 6.95. The fraction of sp³-hybridized carbons (Fsp3) is 0.625. The molecule has 0 radical (unpaired) electrons. The number of piperidine rings is 3. The fourth-order valence-corrected chi connectivity index (χ4v) is 4.90. The summed E-state index contributed by atoms with van der Waals surface area (Å²) in [5.74, 6) is -0.331. The molecule has 1 aromatic rings. The molecule has 1 aliphatic carbocycles. The maximum absolute atomic E-state index is 12.2. The number of carbonyl (C=O) groups is 2. The van der Waals surface area contributed by atoms with Gasteiger partial charge in [0.1, 0.15) is 0 Å². The van der Waals surface area contributed by atoms with Crippen molar-refractivity contribution in [3.05, 3.63) is 22.4 Å². The molecule has 25 heavy (non-hydrogen) atoms. The average Bonchev–Trinajstić information content (AvgIpc) is 3.04. The van der Waals surface area contributed by atoms with E-state index in [2.05, 4.69) is 10.2 Å². The molecular weight excluding hydrogens is 357 g/mol. The molecule has 0 spiro atoms. The molecule has 5 nitrogen and oxygen atoms in total. The van der Waals surface area contributed by atoms with Crippen LogP contribution in [0.1, 0.15) is 22.5 Å². The Balaban J connectivity index is 0.000000225. The second-order valence-corrected chi connectivity index (χ2v) is 7.80. The van der Waals surface area contributed by atoms with E-state index in [9.17, 15) is 18.0 Å². The van der Waals surface area contributed by atoms with Crippen LogP contribution in [0.15, 0.2) is 17.5 Å². The number of carboxylic acid groups (broad SMARTS) is 1. The zero-order valence-electron chi connectivity index (χ0n) is 13.3. The lowest BCUT2D eigenvalue weighted by Crippen LogP contribution is -2.64. The molecule has 2 N–H and O–H groups in total. The number of thiophene rings is 1. The Kier molecular flexibility index (Phi) is 5.06. The van der Waals surface area contributed by atoms with Gasteiger partial charge in [-0.1, -0.05) is 6.07 Å². The van der Waals surface area contributed by atoms with Crippen LogP contribution in [0.2, 0.25) is 0 Å². The van der Waals surface area contributed by atoms with Crippen LogP contribution in [0.3, 0.4) is 0 Å². The van der Waals surface area contributed by atoms with Gasteiger partial charge in [-0.25, -0.2) is 4.79 Å². The highest BCUT2D eigenvalue weighted by atomic mass is 32.1. The highest BCUT2D eigenvalue weighted by molar-refractivity contribution is 7.12. The van der Waals surface area contributed by atoms with Gasteiger partial charge in [-0.3, -0.25) is 4.79 Å². The summed E-state index contributed by atoms with van der Waals surface area (Å²) in [7, 11) is 0. The Labute approximate surface area is 146 Å². The van der Waals surface area contributed by atoms with Crippen molar-refractivity contribution < 1.29 is 27.9 Å². The summed E-state index contributed by atoms with van der Waals surface area (Å²) in [6.07, 6.45) is -2.44. The van der Waals surface area contributed by atoms with E-state index in [1.54, 1.807) is 0 Å². The number of aliphatic carboxylic acids is 1. The predicted octanol–water partition coefficient (Wildman–Crippen LogP) is 2.45. The van der Waals surface area contributed by atoms with Gasteiger partial charge >= 0.3 is 12.1 Å². The van der Waals surface area contributed by atoms with E-state index in [4.69, 9.17) is 9.90 Å². The van der Waals surface area contributed by atoms with Crippen molar-refractivity contribution in [2.45, 2.75) is 25.1 Å². The van der Waals surface area contributed by atoms with Gasteiger partial charge in [0.25, 0.3) is 5.91 Å². The highest BCUT2D eigenvalue weighted by Gasteiger charge is 2.47. The number of carboxylic acids is 1. The minimum absolute atomic E-state index is 0.137. The van der Waals surface area contributed by atoms with Gasteiger partial charge in [0.2, 0.25) is 0 Å². The maximum atomic E-state index is 12.2. The molecule has 1 aromatic heterocycles. The van der Waals surface area contributed by atoms with Gasteiger partial charge in [0.05, 0.1) is 4.88 Å². The molecule has 4 bridgehead atoms. The van der Waals surface area contributed by atoms with E-state index < -0.39 is 12.1 Å². The highest BCUT2D eigenvalue weighted by Crippen LogP contribution is 2.43. The number of hydrogen-bond donors (Lipinski definition) is 2. The number of nitrogens with one attached hydrogen (secondary N) is 1. The number of halogens is 3. The first-order valence-corrected chi connectivity index (χ1v) is 8.99. The van der Waals surface area contributed by atoms with Gasteiger partial charge in [-0.05, 0) is 42.0 Å². The average molecular weight is 376 g/mol. The lowest BCUT2D eigenvalue weighted by atomic mass is 9.65. The van der Waals surface area contributed by atoms with Crippen LogP contribution in [0.25, 0.3) is 0 Å². The Morgan fingerprint density at radius 3 is 2.24 bits per heavy atom. The van der Waals surface area contributed by atoms with Crippen LogP contribution in [-0.4, -0.2) is 53.7 Å². The molecule has 1 saturated carbocycles. The van der Waals surface area contributed by atoms with Gasteiger partial charge in [-0.2, -0.15) is 13.2 Å². The molecule has 2 unspecified atom stereocenters. The van der Waals surface area contributed by atoms with E-state index in [-0.39, 0.29) is 5.91 Å². The smallest absolute Gasteiger partial charge is 0.475 e. The van der Waals surface area contributed by atoms with Gasteiger partial charge in [0.15, 0.2) is 0 Å². The summed E-state index contributed by atoms with van der Waals surface area (Å²) in [5, 5.41) is 12.4. The SMILES string of the molecule is O=C(NC1C2CC3CC1CN(C3)C2)c1cccs1.O=C(O)C(F)(F)F. The van der Waals surface area contributed by atoms with Crippen molar-refractivity contribution in [3.8, 4) is 0 Å². The Morgan fingerprint density at radius 1 is 1.20 bits per heavy atom. The standard InChI is InChI=1S/C14H18N2OS.C2HF3O2/c17-14(12-2-1-3-18-12)15-13-10-4-9-5-11(13)8-16(6-9)7-10;3-2(4,5)1(6)7/h1-3,9-11,13H,4-8H2,(H,15,17);(H,6,7). The summed E-state index contributed by atoms with van der Waals surface area (Å²) in [4.78, 5) is 24.5. The molecule has 0 aromatic carbocycles. The largest absolute Gasteiger partial charge is 0.490 e. The van der Waals surface area contributed by atoms with Crippen LogP contribution in [0.4, 0.5) is 13.2 Å². The van der Waals surface area contributed by atoms with Gasteiger partial charge in [0, 0.05) is 25.7 Å². The van der Waals surface area contributed by atoms with Crippen LogP contribution in [-0.2, 0) is 4.79 Å². The minimum atomic E-state index is -5.08. The fourth-order valence-electron chi connectivity index (χ4n) is 4.27. The molecule has 5 rings (SSSR count). The van der Waals surface area contributed by atoms with Crippen LogP contribution in [0.5, 0.6) is 0 Å². The Hall–Kier alpha value is -1.61. The molecule has 2 atom stereocenters. The third kappa shape index (κ3) is 4.14. The number of nitrogens with zero attached hydrogens (tertiary/aromatic N) is 1. The number of carbonyl (C=O) groups excluding carboxylic acids is 1. The minimum Gasteiger partial charge on any atom is -0.475 e. The van der Waals surface area contributed by atoms with Crippen molar-refractivity contribution in [1.82, 2.24) is 10.2 Å². The van der Waals surface area contributed by atoms with Crippen LogP contribution < -0.4 is 5.32 Å². The van der Waals surface area contributed by atoms with Crippen LogP contribution in [0, 0.1) is 17.8 Å². The van der Waals surface area contributed by atoms with E-state index >= 15 is 0 Å². The van der Waals surface area contributed by atoms with E-state index in [0.29, 0.717) is 17.9 Å². The quantitative estimate of drug-likeness (QED) is 0.832. The van der Waals surface area contributed by atoms with Crippen molar-refractivity contribution in [2.75, 3.05) is 19.6 Å². The summed E-state index contributed by atoms with van der Waals surface area (Å²) >= 11 is 1.53. The zero-order valence-corrected chi connectivity index (χ0v) is 14.1. The normalized spacial score (nSPS) is 32.7. The van der Waals surface area contributed by atoms with E-state index in [0.717, 1.165) is 10.8 Å². The van der Waals surface area contributed by atoms with Crippen molar-refractivity contribution in [3.63, 3.8) is 0 Å². The topological polar surface area (TPSA) is 69.6 Å². The van der Waals surface area contributed by atoms with E-state index in [1.807, 2.05) is 17.5 Å².